The van der Waals surface area contributed by atoms with E-state index in [0.717, 1.165) is 6.04 Å². The molecule has 1 heterocycles. The minimum absolute atomic E-state index is 0.346. The Morgan fingerprint density at radius 2 is 1.95 bits per heavy atom. The molecule has 114 valence electrons. The first-order chi connectivity index (χ1) is 8.88. The molecule has 0 aromatic rings. The molecule has 3 heteroatoms. The van der Waals surface area contributed by atoms with Crippen molar-refractivity contribution in [2.45, 2.75) is 59.0 Å². The van der Waals surface area contributed by atoms with Crippen molar-refractivity contribution in [3.63, 3.8) is 0 Å². The first kappa shape index (κ1) is 16.9. The fraction of sp³-hybridized carbons (Fsp3) is 1.00. The lowest BCUT2D eigenvalue weighted by molar-refractivity contribution is 0.159. The van der Waals surface area contributed by atoms with Crippen LogP contribution in [0.4, 0.5) is 0 Å². The van der Waals surface area contributed by atoms with Gasteiger partial charge in [0.15, 0.2) is 0 Å². The van der Waals surface area contributed by atoms with Crippen LogP contribution >= 0.6 is 0 Å². The second-order valence-electron chi connectivity index (χ2n) is 7.21. The average molecular weight is 269 g/mol. The van der Waals surface area contributed by atoms with Gasteiger partial charge < -0.3 is 10.2 Å². The number of likely N-dealkylation sites (N-methyl/N-ethyl adjacent to an activating group) is 1. The summed E-state index contributed by atoms with van der Waals surface area (Å²) in [6.07, 6.45) is 3.83. The molecule has 0 radical (unpaired) electrons. The number of hydrogen-bond donors (Lipinski definition) is 1. The summed E-state index contributed by atoms with van der Waals surface area (Å²) in [5, 5.41) is 3.50. The highest BCUT2D eigenvalue weighted by Gasteiger charge is 2.26. The summed E-state index contributed by atoms with van der Waals surface area (Å²) in [5.74, 6) is 0. The van der Waals surface area contributed by atoms with Gasteiger partial charge in [0, 0.05) is 18.6 Å². The second-order valence-corrected chi connectivity index (χ2v) is 7.21. The van der Waals surface area contributed by atoms with Crippen molar-refractivity contribution in [2.24, 2.45) is 5.41 Å². The number of nitrogens with zero attached hydrogens (tertiary/aromatic N) is 2. The van der Waals surface area contributed by atoms with Gasteiger partial charge in [0.2, 0.25) is 0 Å². The first-order valence-electron chi connectivity index (χ1n) is 7.98. The zero-order valence-electron chi connectivity index (χ0n) is 14.0. The zero-order valence-corrected chi connectivity index (χ0v) is 14.0. The largest absolute Gasteiger partial charge is 0.316 e. The van der Waals surface area contributed by atoms with Crippen LogP contribution in [0.3, 0.4) is 0 Å². The molecule has 1 aliphatic heterocycles. The molecule has 1 rings (SSSR count). The lowest BCUT2D eigenvalue weighted by atomic mass is 9.84. The van der Waals surface area contributed by atoms with Gasteiger partial charge >= 0.3 is 0 Å². The van der Waals surface area contributed by atoms with Gasteiger partial charge in [0.05, 0.1) is 0 Å². The van der Waals surface area contributed by atoms with E-state index in [0.29, 0.717) is 11.5 Å². The number of rotatable bonds is 5. The number of hydrogen-bond acceptors (Lipinski definition) is 3. The molecular formula is C16H35N3. The van der Waals surface area contributed by atoms with Crippen LogP contribution < -0.4 is 5.32 Å². The molecule has 1 aliphatic rings. The fourth-order valence-electron chi connectivity index (χ4n) is 3.28. The van der Waals surface area contributed by atoms with Crippen molar-refractivity contribution < 1.29 is 0 Å². The van der Waals surface area contributed by atoms with E-state index in [4.69, 9.17) is 0 Å². The van der Waals surface area contributed by atoms with E-state index < -0.39 is 0 Å². The summed E-state index contributed by atoms with van der Waals surface area (Å²) in [4.78, 5) is 5.22. The van der Waals surface area contributed by atoms with Crippen LogP contribution in [-0.2, 0) is 0 Å². The third-order valence-corrected chi connectivity index (χ3v) is 4.59. The summed E-state index contributed by atoms with van der Waals surface area (Å²) in [6, 6.07) is 1.34. The van der Waals surface area contributed by atoms with Gasteiger partial charge in [-0.15, -0.1) is 0 Å². The SMILES string of the molecule is CCC1CN(C)CCCN1CCC(NC)C(C)(C)C. The molecule has 0 bridgehead atoms. The minimum atomic E-state index is 0.346. The topological polar surface area (TPSA) is 18.5 Å². The molecular weight excluding hydrogens is 234 g/mol. The molecule has 2 atom stereocenters. The highest BCUT2D eigenvalue weighted by Crippen LogP contribution is 2.22. The monoisotopic (exact) mass is 269 g/mol. The maximum atomic E-state index is 3.50. The van der Waals surface area contributed by atoms with Crippen LogP contribution in [0.1, 0.15) is 47.0 Å². The highest BCUT2D eigenvalue weighted by molar-refractivity contribution is 4.83. The van der Waals surface area contributed by atoms with Gasteiger partial charge in [-0.1, -0.05) is 27.7 Å². The second kappa shape index (κ2) is 7.61. The van der Waals surface area contributed by atoms with Crippen molar-refractivity contribution in [1.29, 1.82) is 0 Å². The van der Waals surface area contributed by atoms with Crippen molar-refractivity contribution >= 4 is 0 Å². The summed E-state index contributed by atoms with van der Waals surface area (Å²) in [6.45, 7) is 14.3. The average Bonchev–Trinajstić information content (AvgIpc) is 2.50. The Morgan fingerprint density at radius 3 is 2.47 bits per heavy atom. The standard InChI is InChI=1S/C16H35N3/c1-7-14-13-18(6)10-8-11-19(14)12-9-15(17-5)16(2,3)4/h14-15,17H,7-13H2,1-6H3. The molecule has 0 amide bonds. The van der Waals surface area contributed by atoms with Crippen LogP contribution in [0.25, 0.3) is 0 Å². The predicted molar refractivity (Wildman–Crippen MR) is 84.7 cm³/mol. The maximum Gasteiger partial charge on any atom is 0.0220 e. The Kier molecular flexibility index (Phi) is 6.78. The van der Waals surface area contributed by atoms with Crippen LogP contribution in [0.2, 0.25) is 0 Å². The molecule has 0 saturated carbocycles. The van der Waals surface area contributed by atoms with Crippen molar-refractivity contribution in [2.75, 3.05) is 40.3 Å². The summed E-state index contributed by atoms with van der Waals surface area (Å²) >= 11 is 0. The highest BCUT2D eigenvalue weighted by atomic mass is 15.2. The van der Waals surface area contributed by atoms with Gasteiger partial charge in [-0.05, 0) is 58.4 Å². The van der Waals surface area contributed by atoms with Gasteiger partial charge in [0.1, 0.15) is 0 Å². The molecule has 0 aliphatic carbocycles. The van der Waals surface area contributed by atoms with Crippen molar-refractivity contribution in [3.05, 3.63) is 0 Å². The van der Waals surface area contributed by atoms with Gasteiger partial charge in [-0.25, -0.2) is 0 Å². The quantitative estimate of drug-likeness (QED) is 0.827. The van der Waals surface area contributed by atoms with Gasteiger partial charge in [-0.3, -0.25) is 4.90 Å². The van der Waals surface area contributed by atoms with E-state index in [-0.39, 0.29) is 0 Å². The van der Waals surface area contributed by atoms with E-state index >= 15 is 0 Å². The molecule has 2 unspecified atom stereocenters. The Labute approximate surface area is 120 Å². The van der Waals surface area contributed by atoms with E-state index in [9.17, 15) is 0 Å². The third kappa shape index (κ3) is 5.41. The fourth-order valence-corrected chi connectivity index (χ4v) is 3.28. The van der Waals surface area contributed by atoms with E-state index in [1.54, 1.807) is 0 Å². The van der Waals surface area contributed by atoms with Crippen molar-refractivity contribution in [1.82, 2.24) is 15.1 Å². The Morgan fingerprint density at radius 1 is 1.26 bits per heavy atom. The van der Waals surface area contributed by atoms with Crippen LogP contribution in [0.5, 0.6) is 0 Å². The minimum Gasteiger partial charge on any atom is -0.316 e. The summed E-state index contributed by atoms with van der Waals surface area (Å²) in [5.41, 5.74) is 0.346. The zero-order chi connectivity index (χ0) is 14.5. The Bertz CT molecular complexity index is 247. The smallest absolute Gasteiger partial charge is 0.0220 e. The van der Waals surface area contributed by atoms with E-state index in [1.165, 1.54) is 45.4 Å². The summed E-state index contributed by atoms with van der Waals surface area (Å²) < 4.78 is 0. The molecule has 1 saturated heterocycles. The lowest BCUT2D eigenvalue weighted by Crippen LogP contribution is -2.45. The van der Waals surface area contributed by atoms with Gasteiger partial charge in [0.25, 0.3) is 0 Å². The normalized spacial score (nSPS) is 25.3. The lowest BCUT2D eigenvalue weighted by Gasteiger charge is -2.35. The number of nitrogens with one attached hydrogen (secondary N) is 1. The molecule has 0 aromatic heterocycles. The van der Waals surface area contributed by atoms with Gasteiger partial charge in [-0.2, -0.15) is 0 Å². The van der Waals surface area contributed by atoms with Crippen LogP contribution in [0, 0.1) is 5.41 Å². The Hall–Kier alpha value is -0.120. The molecule has 0 aromatic carbocycles. The molecule has 0 spiro atoms. The predicted octanol–water partition coefficient (Wildman–Crippen LogP) is 2.43. The van der Waals surface area contributed by atoms with Crippen molar-refractivity contribution in [3.8, 4) is 0 Å². The van der Waals surface area contributed by atoms with Crippen LogP contribution in [0.15, 0.2) is 0 Å². The van der Waals surface area contributed by atoms with E-state index in [2.05, 4.69) is 56.9 Å². The first-order valence-corrected chi connectivity index (χ1v) is 7.98. The van der Waals surface area contributed by atoms with E-state index in [1.807, 2.05) is 0 Å². The molecule has 1 N–H and O–H groups in total. The molecule has 1 fully saturated rings. The Balaban J connectivity index is 2.53. The van der Waals surface area contributed by atoms with Crippen LogP contribution in [-0.4, -0.2) is 62.2 Å². The third-order valence-electron chi connectivity index (χ3n) is 4.59. The maximum absolute atomic E-state index is 3.50. The molecule has 3 nitrogen and oxygen atoms in total. The molecule has 19 heavy (non-hydrogen) atoms. The summed E-state index contributed by atoms with van der Waals surface area (Å²) in [7, 11) is 4.36.